The van der Waals surface area contributed by atoms with Gasteiger partial charge in [0.1, 0.15) is 0 Å². The molecule has 0 bridgehead atoms. The van der Waals surface area contributed by atoms with Gasteiger partial charge in [-0.15, -0.1) is 0 Å². The molecule has 0 spiro atoms. The molecule has 3 nitrogen and oxygen atoms in total. The summed E-state index contributed by atoms with van der Waals surface area (Å²) in [6.45, 7) is 2.26. The van der Waals surface area contributed by atoms with Crippen LogP contribution in [0.15, 0.2) is 18.2 Å². The maximum absolute atomic E-state index is 11.0. The molecule has 0 saturated carbocycles. The van der Waals surface area contributed by atoms with E-state index in [9.17, 15) is 4.79 Å². The van der Waals surface area contributed by atoms with Crippen molar-refractivity contribution in [1.82, 2.24) is 0 Å². The Morgan fingerprint density at radius 1 is 1.14 bits per heavy atom. The Bertz CT molecular complexity index is 484. The molecule has 0 aliphatic carbocycles. The summed E-state index contributed by atoms with van der Waals surface area (Å²) < 4.78 is 0. The van der Waals surface area contributed by atoms with E-state index in [4.69, 9.17) is 5.11 Å². The summed E-state index contributed by atoms with van der Waals surface area (Å²) in [5.74, 6) is -0.839. The maximum atomic E-state index is 11.0. The number of fused-ring (bicyclic) bond motifs is 1. The van der Waals surface area contributed by atoms with E-state index in [0.717, 1.165) is 17.7 Å². The maximum Gasteiger partial charge on any atom is 0.335 e. The lowest BCUT2D eigenvalue weighted by atomic mass is 10.0. The van der Waals surface area contributed by atoms with E-state index in [1.807, 2.05) is 12.1 Å². The monoisotopic (exact) mass is 303 g/mol. The summed E-state index contributed by atoms with van der Waals surface area (Å²) in [5.41, 5.74) is 2.67. The van der Waals surface area contributed by atoms with Crippen LogP contribution < -0.4 is 5.32 Å². The van der Waals surface area contributed by atoms with Gasteiger partial charge in [-0.05, 0) is 36.6 Å². The minimum Gasteiger partial charge on any atom is -0.478 e. The largest absolute Gasteiger partial charge is 0.478 e. The summed E-state index contributed by atoms with van der Waals surface area (Å²) in [7, 11) is 0. The van der Waals surface area contributed by atoms with Crippen molar-refractivity contribution in [3.05, 3.63) is 29.3 Å². The number of hydrogen-bond donors (Lipinski definition) is 2. The fraction of sp³-hybridized carbons (Fsp3) is 0.632. The zero-order valence-electron chi connectivity index (χ0n) is 13.7. The molecule has 1 aromatic rings. The van der Waals surface area contributed by atoms with Crippen LogP contribution in [0.5, 0.6) is 0 Å². The number of anilines is 1. The Kier molecular flexibility index (Phi) is 6.75. The molecule has 0 unspecified atom stereocenters. The molecule has 0 fully saturated rings. The van der Waals surface area contributed by atoms with Crippen LogP contribution in [-0.4, -0.2) is 17.1 Å². The lowest BCUT2D eigenvalue weighted by Gasteiger charge is -2.10. The van der Waals surface area contributed by atoms with Crippen molar-refractivity contribution in [1.29, 1.82) is 0 Å². The molecule has 1 aliphatic rings. The van der Waals surface area contributed by atoms with Crippen LogP contribution in [0.4, 0.5) is 5.69 Å². The highest BCUT2D eigenvalue weighted by atomic mass is 16.4. The molecule has 1 atom stereocenters. The first-order chi connectivity index (χ1) is 10.7. The summed E-state index contributed by atoms with van der Waals surface area (Å²) in [6, 6.07) is 5.90. The van der Waals surface area contributed by atoms with Crippen molar-refractivity contribution in [2.75, 3.05) is 5.32 Å². The van der Waals surface area contributed by atoms with Gasteiger partial charge < -0.3 is 10.4 Å². The van der Waals surface area contributed by atoms with Crippen molar-refractivity contribution in [2.24, 2.45) is 0 Å². The number of rotatable bonds is 10. The first-order valence-electron chi connectivity index (χ1n) is 8.83. The molecule has 1 aromatic carbocycles. The molecule has 2 rings (SSSR count). The predicted octanol–water partition coefficient (Wildman–Crippen LogP) is 5.25. The Morgan fingerprint density at radius 2 is 1.82 bits per heavy atom. The topological polar surface area (TPSA) is 49.3 Å². The van der Waals surface area contributed by atoms with Gasteiger partial charge in [-0.25, -0.2) is 4.79 Å². The SMILES string of the molecule is CCCCCCCCCC[C@H]1Cc2cc(C(=O)O)ccc2N1. The molecule has 122 valence electrons. The van der Waals surface area contributed by atoms with Crippen LogP contribution in [0.2, 0.25) is 0 Å². The third-order valence-electron chi connectivity index (χ3n) is 4.58. The molecule has 3 heteroatoms. The lowest BCUT2D eigenvalue weighted by Crippen LogP contribution is -2.14. The molecule has 0 saturated heterocycles. The molecule has 1 aliphatic heterocycles. The van der Waals surface area contributed by atoms with Gasteiger partial charge in [-0.1, -0.05) is 58.3 Å². The number of carboxylic acid groups (broad SMARTS) is 1. The van der Waals surface area contributed by atoms with E-state index in [-0.39, 0.29) is 0 Å². The van der Waals surface area contributed by atoms with Crippen molar-refractivity contribution in [2.45, 2.75) is 77.2 Å². The van der Waals surface area contributed by atoms with Crippen molar-refractivity contribution >= 4 is 11.7 Å². The molecule has 2 N–H and O–H groups in total. The first kappa shape index (κ1) is 16.9. The summed E-state index contributed by atoms with van der Waals surface area (Å²) in [5, 5.41) is 12.6. The molecule has 22 heavy (non-hydrogen) atoms. The molecule has 0 amide bonds. The Hall–Kier alpha value is -1.51. The van der Waals surface area contributed by atoms with Crippen LogP contribution in [0, 0.1) is 0 Å². The third-order valence-corrected chi connectivity index (χ3v) is 4.58. The average Bonchev–Trinajstić information content (AvgIpc) is 2.91. The van der Waals surface area contributed by atoms with Gasteiger partial charge in [-0.3, -0.25) is 0 Å². The first-order valence-corrected chi connectivity index (χ1v) is 8.83. The number of aromatic carboxylic acids is 1. The standard InChI is InChI=1S/C19H29NO2/c1-2-3-4-5-6-7-8-9-10-17-14-16-13-15(19(21)22)11-12-18(16)20-17/h11-13,17,20H,2-10,14H2,1H3,(H,21,22)/t17-/m0/s1. The van der Waals surface area contributed by atoms with Crippen LogP contribution in [0.1, 0.15) is 80.6 Å². The second kappa shape index (κ2) is 8.82. The van der Waals surface area contributed by atoms with Crippen LogP contribution in [0.3, 0.4) is 0 Å². The number of nitrogens with one attached hydrogen (secondary N) is 1. The number of benzene rings is 1. The number of carboxylic acids is 1. The van der Waals surface area contributed by atoms with Gasteiger partial charge in [0, 0.05) is 11.7 Å². The van der Waals surface area contributed by atoms with E-state index in [1.165, 1.54) is 57.8 Å². The van der Waals surface area contributed by atoms with Crippen molar-refractivity contribution in [3.8, 4) is 0 Å². The van der Waals surface area contributed by atoms with Crippen LogP contribution in [0.25, 0.3) is 0 Å². The second-order valence-electron chi connectivity index (χ2n) is 6.49. The van der Waals surface area contributed by atoms with E-state index >= 15 is 0 Å². The number of hydrogen-bond acceptors (Lipinski definition) is 2. The zero-order chi connectivity index (χ0) is 15.8. The molecule has 1 heterocycles. The van der Waals surface area contributed by atoms with E-state index in [0.29, 0.717) is 11.6 Å². The summed E-state index contributed by atoms with van der Waals surface area (Å²) >= 11 is 0. The second-order valence-corrected chi connectivity index (χ2v) is 6.49. The molecular formula is C19H29NO2. The van der Waals surface area contributed by atoms with Gasteiger partial charge in [0.15, 0.2) is 0 Å². The molecular weight excluding hydrogens is 274 g/mol. The Balaban J connectivity index is 1.62. The van der Waals surface area contributed by atoms with Gasteiger partial charge in [0.05, 0.1) is 5.56 Å². The van der Waals surface area contributed by atoms with Crippen molar-refractivity contribution < 1.29 is 9.90 Å². The number of unbranched alkanes of at least 4 members (excludes halogenated alkanes) is 7. The minimum atomic E-state index is -0.839. The zero-order valence-corrected chi connectivity index (χ0v) is 13.7. The summed E-state index contributed by atoms with van der Waals surface area (Å²) in [6.07, 6.45) is 12.9. The van der Waals surface area contributed by atoms with Crippen LogP contribution >= 0.6 is 0 Å². The molecule has 0 radical (unpaired) electrons. The number of carbonyl (C=O) groups is 1. The highest BCUT2D eigenvalue weighted by Gasteiger charge is 2.21. The third kappa shape index (κ3) is 5.04. The highest BCUT2D eigenvalue weighted by Crippen LogP contribution is 2.29. The molecule has 0 aromatic heterocycles. The Labute approximate surface area is 134 Å². The quantitative estimate of drug-likeness (QED) is 0.580. The fourth-order valence-corrected chi connectivity index (χ4v) is 3.27. The minimum absolute atomic E-state index is 0.397. The smallest absolute Gasteiger partial charge is 0.335 e. The van der Waals surface area contributed by atoms with Gasteiger partial charge in [0.25, 0.3) is 0 Å². The fourth-order valence-electron chi connectivity index (χ4n) is 3.27. The van der Waals surface area contributed by atoms with Gasteiger partial charge in [0.2, 0.25) is 0 Å². The van der Waals surface area contributed by atoms with Gasteiger partial charge in [-0.2, -0.15) is 0 Å². The predicted molar refractivity (Wildman–Crippen MR) is 91.7 cm³/mol. The highest BCUT2D eigenvalue weighted by molar-refractivity contribution is 5.88. The van der Waals surface area contributed by atoms with Gasteiger partial charge >= 0.3 is 5.97 Å². The van der Waals surface area contributed by atoms with E-state index in [1.54, 1.807) is 6.07 Å². The van der Waals surface area contributed by atoms with E-state index < -0.39 is 5.97 Å². The Morgan fingerprint density at radius 3 is 2.50 bits per heavy atom. The average molecular weight is 303 g/mol. The normalized spacial score (nSPS) is 16.3. The van der Waals surface area contributed by atoms with E-state index in [2.05, 4.69) is 12.2 Å². The lowest BCUT2D eigenvalue weighted by molar-refractivity contribution is 0.0697. The van der Waals surface area contributed by atoms with Crippen LogP contribution in [-0.2, 0) is 6.42 Å². The summed E-state index contributed by atoms with van der Waals surface area (Å²) in [4.78, 5) is 11.0. The van der Waals surface area contributed by atoms with Crippen molar-refractivity contribution in [3.63, 3.8) is 0 Å².